The summed E-state index contributed by atoms with van der Waals surface area (Å²) in [4.78, 5) is 34.6. The average Bonchev–Trinajstić information content (AvgIpc) is 3.07. The van der Waals surface area contributed by atoms with Crippen LogP contribution >= 0.6 is 7.82 Å². The number of rotatable bonds is 35. The molecule has 0 radical (unpaired) electrons. The Morgan fingerprint density at radius 3 is 1.71 bits per heavy atom. The van der Waals surface area contributed by atoms with Crippen molar-refractivity contribution in [2.75, 3.05) is 26.4 Å². The van der Waals surface area contributed by atoms with Gasteiger partial charge in [-0.1, -0.05) is 140 Å². The van der Waals surface area contributed by atoms with Crippen LogP contribution in [0.25, 0.3) is 0 Å². The zero-order valence-corrected chi connectivity index (χ0v) is 31.4. The van der Waals surface area contributed by atoms with Crippen LogP contribution in [0.15, 0.2) is 36.5 Å². The Bertz CT molecular complexity index is 892. The van der Waals surface area contributed by atoms with Gasteiger partial charge in [0, 0.05) is 19.4 Å². The van der Waals surface area contributed by atoms with Gasteiger partial charge in [0.1, 0.15) is 6.61 Å². The molecule has 0 aromatic carbocycles. The third-order valence-electron chi connectivity index (χ3n) is 7.79. The van der Waals surface area contributed by atoms with E-state index in [9.17, 15) is 19.0 Å². The number of hydrogen-bond acceptors (Lipinski definition) is 8. The molecule has 0 amide bonds. The molecule has 0 saturated heterocycles. The van der Waals surface area contributed by atoms with E-state index in [0.717, 1.165) is 64.2 Å². The first-order chi connectivity index (χ1) is 23.3. The lowest BCUT2D eigenvalue weighted by atomic mass is 10.1. The van der Waals surface area contributed by atoms with Crippen LogP contribution < -0.4 is 5.73 Å². The number of esters is 2. The van der Waals surface area contributed by atoms with E-state index in [-0.39, 0.29) is 38.6 Å². The van der Waals surface area contributed by atoms with Crippen LogP contribution in [0.1, 0.15) is 162 Å². The summed E-state index contributed by atoms with van der Waals surface area (Å²) in [7, 11) is -4.37. The maximum atomic E-state index is 12.5. The molecule has 48 heavy (non-hydrogen) atoms. The van der Waals surface area contributed by atoms with Crippen molar-refractivity contribution < 1.29 is 37.6 Å². The first-order valence-corrected chi connectivity index (χ1v) is 20.5. The zero-order valence-electron chi connectivity index (χ0n) is 30.5. The molecule has 2 unspecified atom stereocenters. The molecular formula is C38H70NO8P. The summed E-state index contributed by atoms with van der Waals surface area (Å²) < 4.78 is 32.6. The van der Waals surface area contributed by atoms with Gasteiger partial charge < -0.3 is 20.1 Å². The smallest absolute Gasteiger partial charge is 0.462 e. The van der Waals surface area contributed by atoms with E-state index in [1.54, 1.807) is 0 Å². The summed E-state index contributed by atoms with van der Waals surface area (Å²) in [5, 5.41) is 0. The van der Waals surface area contributed by atoms with Gasteiger partial charge in [0.2, 0.25) is 0 Å². The minimum Gasteiger partial charge on any atom is -0.462 e. The quantitative estimate of drug-likeness (QED) is 0.0287. The summed E-state index contributed by atoms with van der Waals surface area (Å²) in [6, 6.07) is 0. The fourth-order valence-electron chi connectivity index (χ4n) is 5.00. The van der Waals surface area contributed by atoms with Crippen molar-refractivity contribution in [3.8, 4) is 0 Å². The van der Waals surface area contributed by atoms with Crippen LogP contribution in [0.4, 0.5) is 0 Å². The van der Waals surface area contributed by atoms with Gasteiger partial charge in [0.25, 0.3) is 0 Å². The first-order valence-electron chi connectivity index (χ1n) is 19.0. The normalized spacial score (nSPS) is 13.8. The summed E-state index contributed by atoms with van der Waals surface area (Å²) in [6.07, 6.45) is 36.0. The number of nitrogens with two attached hydrogens (primary N) is 1. The molecule has 0 bridgehead atoms. The standard InChI is InChI=1S/C38H70NO8P/c1-3-5-7-9-11-13-15-16-17-18-19-20-21-23-25-27-29-31-38(41)47-36(35-46-48(42,43)45-33-32-39)34-44-37(40)30-28-26-24-22-14-12-10-8-6-4-2/h5,7,11,13,16-17,36H,3-4,6,8-10,12,14-15,18-35,39H2,1-2H3,(H,42,43)/b7-5-,13-11-,17-16-. The number of ether oxygens (including phenoxy) is 2. The summed E-state index contributed by atoms with van der Waals surface area (Å²) in [5.41, 5.74) is 5.33. The largest absolute Gasteiger partial charge is 0.472 e. The number of allylic oxidation sites excluding steroid dienone is 6. The van der Waals surface area contributed by atoms with E-state index in [1.165, 1.54) is 64.2 Å². The Kier molecular flexibility index (Phi) is 33.8. The molecule has 0 spiro atoms. The molecule has 0 heterocycles. The number of carbonyl (C=O) groups excluding carboxylic acids is 2. The van der Waals surface area contributed by atoms with Crippen molar-refractivity contribution in [2.24, 2.45) is 5.73 Å². The third-order valence-corrected chi connectivity index (χ3v) is 8.77. The fraction of sp³-hybridized carbons (Fsp3) is 0.789. The van der Waals surface area contributed by atoms with E-state index in [0.29, 0.717) is 6.42 Å². The van der Waals surface area contributed by atoms with Crippen LogP contribution in [0.3, 0.4) is 0 Å². The van der Waals surface area contributed by atoms with Gasteiger partial charge in [-0.25, -0.2) is 4.57 Å². The first kappa shape index (κ1) is 46.2. The Labute approximate surface area is 293 Å². The highest BCUT2D eigenvalue weighted by Gasteiger charge is 2.25. The molecule has 9 nitrogen and oxygen atoms in total. The van der Waals surface area contributed by atoms with Crippen molar-refractivity contribution in [3.63, 3.8) is 0 Å². The van der Waals surface area contributed by atoms with E-state index in [2.05, 4.69) is 50.3 Å². The number of carbonyl (C=O) groups is 2. The van der Waals surface area contributed by atoms with Gasteiger partial charge in [0.15, 0.2) is 6.10 Å². The maximum absolute atomic E-state index is 12.5. The highest BCUT2D eigenvalue weighted by atomic mass is 31.2. The second-order valence-corrected chi connectivity index (χ2v) is 13.9. The predicted octanol–water partition coefficient (Wildman–Crippen LogP) is 10.2. The summed E-state index contributed by atoms with van der Waals surface area (Å²) in [6.45, 7) is 3.58. The van der Waals surface area contributed by atoms with E-state index < -0.39 is 26.5 Å². The molecule has 3 N–H and O–H groups in total. The van der Waals surface area contributed by atoms with Gasteiger partial charge >= 0.3 is 19.8 Å². The average molecular weight is 700 g/mol. The topological polar surface area (TPSA) is 134 Å². The van der Waals surface area contributed by atoms with Crippen molar-refractivity contribution in [1.82, 2.24) is 0 Å². The predicted molar refractivity (Wildman–Crippen MR) is 197 cm³/mol. The molecule has 0 aliphatic rings. The van der Waals surface area contributed by atoms with Crippen molar-refractivity contribution in [3.05, 3.63) is 36.5 Å². The lowest BCUT2D eigenvalue weighted by Gasteiger charge is -2.19. The van der Waals surface area contributed by atoms with Crippen LogP contribution in [0.5, 0.6) is 0 Å². The molecule has 0 aromatic rings. The second kappa shape index (κ2) is 35.1. The molecular weight excluding hydrogens is 629 g/mol. The van der Waals surface area contributed by atoms with Gasteiger partial charge in [-0.2, -0.15) is 0 Å². The summed E-state index contributed by atoms with van der Waals surface area (Å²) >= 11 is 0. The van der Waals surface area contributed by atoms with Gasteiger partial charge in [0.05, 0.1) is 13.2 Å². The highest BCUT2D eigenvalue weighted by molar-refractivity contribution is 7.47. The SMILES string of the molecule is CC/C=C\C/C=C\C/C=C\CCCCCCCCCC(=O)OC(COC(=O)CCCCCCCCCCCC)COP(=O)(O)OCCN. The van der Waals surface area contributed by atoms with Gasteiger partial charge in [-0.15, -0.1) is 0 Å². The maximum Gasteiger partial charge on any atom is 0.472 e. The summed E-state index contributed by atoms with van der Waals surface area (Å²) in [5.74, 6) is -0.842. The Morgan fingerprint density at radius 2 is 1.15 bits per heavy atom. The zero-order chi connectivity index (χ0) is 35.4. The number of phosphoric ester groups is 1. The molecule has 0 rings (SSSR count). The van der Waals surface area contributed by atoms with Crippen LogP contribution in [0.2, 0.25) is 0 Å². The number of unbranched alkanes of at least 4 members (excludes halogenated alkanes) is 16. The van der Waals surface area contributed by atoms with Gasteiger partial charge in [-0.05, 0) is 44.9 Å². The molecule has 280 valence electrons. The molecule has 0 aromatic heterocycles. The minimum atomic E-state index is -4.37. The highest BCUT2D eigenvalue weighted by Crippen LogP contribution is 2.43. The second-order valence-electron chi connectivity index (χ2n) is 12.4. The van der Waals surface area contributed by atoms with Crippen molar-refractivity contribution in [2.45, 2.75) is 168 Å². The fourth-order valence-corrected chi connectivity index (χ4v) is 5.77. The van der Waals surface area contributed by atoms with E-state index in [1.807, 2.05) is 0 Å². The Hall–Kier alpha value is -1.77. The third kappa shape index (κ3) is 34.1. The van der Waals surface area contributed by atoms with E-state index in [4.69, 9.17) is 24.3 Å². The Balaban J connectivity index is 4.22. The Morgan fingerprint density at radius 1 is 0.646 bits per heavy atom. The monoisotopic (exact) mass is 699 g/mol. The molecule has 10 heteroatoms. The molecule has 0 aliphatic heterocycles. The lowest BCUT2D eigenvalue weighted by Crippen LogP contribution is -2.29. The molecule has 2 atom stereocenters. The number of hydrogen-bond donors (Lipinski definition) is 2. The van der Waals surface area contributed by atoms with Crippen molar-refractivity contribution in [1.29, 1.82) is 0 Å². The van der Waals surface area contributed by atoms with Crippen LogP contribution in [-0.2, 0) is 32.7 Å². The van der Waals surface area contributed by atoms with Crippen molar-refractivity contribution >= 4 is 19.8 Å². The number of phosphoric acid groups is 1. The minimum absolute atomic E-state index is 0.0516. The molecule has 0 fully saturated rings. The van der Waals surface area contributed by atoms with Crippen LogP contribution in [-0.4, -0.2) is 49.3 Å². The van der Waals surface area contributed by atoms with Crippen LogP contribution in [0, 0.1) is 0 Å². The molecule has 0 aliphatic carbocycles. The van der Waals surface area contributed by atoms with E-state index >= 15 is 0 Å². The van der Waals surface area contributed by atoms with Gasteiger partial charge in [-0.3, -0.25) is 18.6 Å². The lowest BCUT2D eigenvalue weighted by molar-refractivity contribution is -0.161. The molecule has 0 saturated carbocycles.